The van der Waals surface area contributed by atoms with Crippen LogP contribution in [0.15, 0.2) is 90.2 Å². The first-order valence-corrected chi connectivity index (χ1v) is 9.13. The van der Waals surface area contributed by atoms with Crippen LogP contribution in [0, 0.1) is 0 Å². The van der Waals surface area contributed by atoms with E-state index in [9.17, 15) is 9.90 Å². The van der Waals surface area contributed by atoms with Gasteiger partial charge in [0.1, 0.15) is 0 Å². The molecular formula is C23H16N4O2. The van der Waals surface area contributed by atoms with E-state index in [-0.39, 0.29) is 11.4 Å². The largest absolute Gasteiger partial charge is 0.504 e. The number of aromatic nitrogens is 2. The van der Waals surface area contributed by atoms with Gasteiger partial charge in [0.15, 0.2) is 11.4 Å². The van der Waals surface area contributed by atoms with Crippen molar-refractivity contribution in [1.29, 1.82) is 0 Å². The number of carbonyl (C=O) groups is 1. The number of nitrogens with one attached hydrogen (secondary N) is 1. The van der Waals surface area contributed by atoms with Gasteiger partial charge in [-0.15, -0.1) is 0 Å². The minimum atomic E-state index is -0.577. The average Bonchev–Trinajstić information content (AvgIpc) is 3.31. The third-order valence-corrected chi connectivity index (χ3v) is 4.85. The standard InChI is InChI=1S/C23H16N4O2/c28-20-14-27(15-8-2-1-3-9-15)26-22(20)23(29)25-24-21-18-12-6-4-10-16(18)17-11-5-7-13-19(17)21/h1-14,28H,(H,25,29). The molecule has 1 aliphatic rings. The minimum absolute atomic E-state index is 0.0854. The van der Waals surface area contributed by atoms with Crippen molar-refractivity contribution in [1.82, 2.24) is 15.2 Å². The molecule has 0 spiro atoms. The molecule has 0 saturated carbocycles. The number of nitrogens with zero attached hydrogens (tertiary/aromatic N) is 3. The van der Waals surface area contributed by atoms with Crippen LogP contribution in [0.2, 0.25) is 0 Å². The lowest BCUT2D eigenvalue weighted by molar-refractivity contribution is 0.0947. The Hall–Kier alpha value is -4.19. The molecule has 2 N–H and O–H groups in total. The van der Waals surface area contributed by atoms with Crippen molar-refractivity contribution in [2.24, 2.45) is 5.10 Å². The Balaban J connectivity index is 1.47. The van der Waals surface area contributed by atoms with E-state index in [4.69, 9.17) is 0 Å². The highest BCUT2D eigenvalue weighted by atomic mass is 16.3. The molecule has 1 amide bonds. The molecular weight excluding hydrogens is 364 g/mol. The predicted molar refractivity (Wildman–Crippen MR) is 110 cm³/mol. The van der Waals surface area contributed by atoms with E-state index in [2.05, 4.69) is 15.6 Å². The third-order valence-electron chi connectivity index (χ3n) is 4.85. The summed E-state index contributed by atoms with van der Waals surface area (Å²) in [7, 11) is 0. The van der Waals surface area contributed by atoms with Gasteiger partial charge in [-0.05, 0) is 23.3 Å². The molecule has 0 atom stereocenters. The number of amides is 1. The van der Waals surface area contributed by atoms with Crippen LogP contribution < -0.4 is 5.43 Å². The Morgan fingerprint density at radius 3 is 2.00 bits per heavy atom. The zero-order chi connectivity index (χ0) is 19.8. The molecule has 6 nitrogen and oxygen atoms in total. The summed E-state index contributed by atoms with van der Waals surface area (Å²) in [6, 6.07) is 25.1. The third kappa shape index (κ3) is 2.87. The SMILES string of the molecule is O=C(NN=C1c2ccccc2-c2ccccc21)c1nn(-c2ccccc2)cc1O. The van der Waals surface area contributed by atoms with Gasteiger partial charge in [0.05, 0.1) is 17.6 Å². The summed E-state index contributed by atoms with van der Waals surface area (Å²) in [5.41, 5.74) is 7.94. The van der Waals surface area contributed by atoms with Crippen LogP contribution in [0.3, 0.4) is 0 Å². The summed E-state index contributed by atoms with van der Waals surface area (Å²) in [4.78, 5) is 12.6. The maximum absolute atomic E-state index is 12.6. The summed E-state index contributed by atoms with van der Waals surface area (Å²) in [6.45, 7) is 0. The van der Waals surface area contributed by atoms with Crippen LogP contribution in [-0.4, -0.2) is 26.5 Å². The number of hydrazone groups is 1. The van der Waals surface area contributed by atoms with E-state index in [0.717, 1.165) is 27.9 Å². The van der Waals surface area contributed by atoms with E-state index in [0.29, 0.717) is 5.71 Å². The molecule has 3 aromatic carbocycles. The van der Waals surface area contributed by atoms with E-state index >= 15 is 0 Å². The van der Waals surface area contributed by atoms with Gasteiger partial charge < -0.3 is 5.11 Å². The van der Waals surface area contributed by atoms with Gasteiger partial charge in [-0.3, -0.25) is 4.79 Å². The fraction of sp³-hybridized carbons (Fsp3) is 0. The molecule has 5 rings (SSSR count). The first-order chi connectivity index (χ1) is 14.2. The number of benzene rings is 3. The van der Waals surface area contributed by atoms with Crippen LogP contribution in [0.5, 0.6) is 5.75 Å². The molecule has 1 aliphatic carbocycles. The van der Waals surface area contributed by atoms with Gasteiger partial charge in [-0.25, -0.2) is 10.1 Å². The number of rotatable bonds is 3. The van der Waals surface area contributed by atoms with Gasteiger partial charge in [0, 0.05) is 11.1 Å². The summed E-state index contributed by atoms with van der Waals surface area (Å²) in [6.07, 6.45) is 1.40. The smallest absolute Gasteiger partial charge is 0.295 e. The maximum atomic E-state index is 12.6. The Morgan fingerprint density at radius 2 is 1.38 bits per heavy atom. The number of hydrogen-bond donors (Lipinski definition) is 2. The number of para-hydroxylation sites is 1. The molecule has 0 unspecified atom stereocenters. The van der Waals surface area contributed by atoms with Crippen molar-refractivity contribution < 1.29 is 9.90 Å². The van der Waals surface area contributed by atoms with Crippen molar-refractivity contribution in [3.8, 4) is 22.6 Å². The number of aromatic hydroxyl groups is 1. The van der Waals surface area contributed by atoms with Gasteiger partial charge in [-0.2, -0.15) is 10.2 Å². The van der Waals surface area contributed by atoms with E-state index in [1.807, 2.05) is 78.9 Å². The lowest BCUT2D eigenvalue weighted by Crippen LogP contribution is -2.21. The lowest BCUT2D eigenvalue weighted by Gasteiger charge is -2.03. The van der Waals surface area contributed by atoms with Gasteiger partial charge >= 0.3 is 0 Å². The highest BCUT2D eigenvalue weighted by Gasteiger charge is 2.25. The van der Waals surface area contributed by atoms with Gasteiger partial charge in [0.2, 0.25) is 0 Å². The molecule has 1 aromatic heterocycles. The van der Waals surface area contributed by atoms with Crippen molar-refractivity contribution >= 4 is 11.6 Å². The monoisotopic (exact) mass is 380 g/mol. The van der Waals surface area contributed by atoms with Crippen LogP contribution >= 0.6 is 0 Å². The molecule has 4 aromatic rings. The Morgan fingerprint density at radius 1 is 0.828 bits per heavy atom. The zero-order valence-corrected chi connectivity index (χ0v) is 15.3. The number of carbonyl (C=O) groups excluding carboxylic acids is 1. The molecule has 0 bridgehead atoms. The van der Waals surface area contributed by atoms with Crippen LogP contribution in [0.1, 0.15) is 21.6 Å². The molecule has 0 saturated heterocycles. The Kier molecular flexibility index (Phi) is 3.95. The summed E-state index contributed by atoms with van der Waals surface area (Å²) in [5.74, 6) is -0.787. The quantitative estimate of drug-likeness (QED) is 0.468. The topological polar surface area (TPSA) is 79.5 Å². The van der Waals surface area contributed by atoms with Crippen molar-refractivity contribution in [3.63, 3.8) is 0 Å². The summed E-state index contributed by atoms with van der Waals surface area (Å²) >= 11 is 0. The minimum Gasteiger partial charge on any atom is -0.504 e. The Labute approximate surface area is 166 Å². The molecule has 6 heteroatoms. The van der Waals surface area contributed by atoms with Crippen LogP contribution in [0.4, 0.5) is 0 Å². The highest BCUT2D eigenvalue weighted by Crippen LogP contribution is 2.36. The highest BCUT2D eigenvalue weighted by molar-refractivity contribution is 6.24. The fourth-order valence-corrected chi connectivity index (χ4v) is 3.51. The molecule has 0 fully saturated rings. The molecule has 0 radical (unpaired) electrons. The van der Waals surface area contributed by atoms with E-state index in [1.54, 1.807) is 0 Å². The van der Waals surface area contributed by atoms with Gasteiger partial charge in [-0.1, -0.05) is 66.7 Å². The van der Waals surface area contributed by atoms with Crippen molar-refractivity contribution in [2.75, 3.05) is 0 Å². The molecule has 140 valence electrons. The fourth-order valence-electron chi connectivity index (χ4n) is 3.51. The van der Waals surface area contributed by atoms with Crippen molar-refractivity contribution in [3.05, 3.63) is 102 Å². The first kappa shape index (κ1) is 16.9. The molecule has 29 heavy (non-hydrogen) atoms. The molecule has 0 aliphatic heterocycles. The van der Waals surface area contributed by atoms with Crippen molar-refractivity contribution in [2.45, 2.75) is 0 Å². The number of hydrogen-bond acceptors (Lipinski definition) is 4. The molecule has 1 heterocycles. The summed E-state index contributed by atoms with van der Waals surface area (Å²) < 4.78 is 1.46. The average molecular weight is 380 g/mol. The van der Waals surface area contributed by atoms with E-state index < -0.39 is 5.91 Å². The predicted octanol–water partition coefficient (Wildman–Crippen LogP) is 3.74. The lowest BCUT2D eigenvalue weighted by atomic mass is 10.1. The van der Waals surface area contributed by atoms with E-state index in [1.165, 1.54) is 10.9 Å². The zero-order valence-electron chi connectivity index (χ0n) is 15.3. The van der Waals surface area contributed by atoms with Gasteiger partial charge in [0.25, 0.3) is 5.91 Å². The second-order valence-corrected chi connectivity index (χ2v) is 6.64. The Bertz CT molecular complexity index is 1210. The second kappa shape index (κ2) is 6.76. The summed E-state index contributed by atoms with van der Waals surface area (Å²) in [5, 5.41) is 18.7. The maximum Gasteiger partial charge on any atom is 0.295 e. The van der Waals surface area contributed by atoms with Crippen LogP contribution in [0.25, 0.3) is 16.8 Å². The normalized spacial score (nSPS) is 11.7. The number of fused-ring (bicyclic) bond motifs is 3. The second-order valence-electron chi connectivity index (χ2n) is 6.64. The first-order valence-electron chi connectivity index (χ1n) is 9.13. The van der Waals surface area contributed by atoms with Crippen LogP contribution in [-0.2, 0) is 0 Å².